The van der Waals surface area contributed by atoms with Gasteiger partial charge in [0.1, 0.15) is 17.3 Å². The number of halogens is 4. The Morgan fingerprint density at radius 3 is 2.29 bits per heavy atom. The first-order chi connectivity index (χ1) is 9.68. The van der Waals surface area contributed by atoms with Gasteiger partial charge in [0.15, 0.2) is 0 Å². The summed E-state index contributed by atoms with van der Waals surface area (Å²) >= 11 is 0. The molecule has 1 atom stereocenters. The molecule has 0 radical (unpaired) electrons. The van der Waals surface area contributed by atoms with Crippen LogP contribution in [-0.4, -0.2) is 0 Å². The number of alkyl halides is 3. The number of hydrogen-bond donors (Lipinski definition) is 1. The zero-order chi connectivity index (χ0) is 15.8. The van der Waals surface area contributed by atoms with Gasteiger partial charge < -0.3 is 9.73 Å². The zero-order valence-electron chi connectivity index (χ0n) is 11.8. The van der Waals surface area contributed by atoms with Crippen molar-refractivity contribution in [1.82, 2.24) is 0 Å². The molecule has 0 spiro atoms. The predicted octanol–water partition coefficient (Wildman–Crippen LogP) is 5.23. The van der Waals surface area contributed by atoms with Crippen LogP contribution in [0.3, 0.4) is 0 Å². The van der Waals surface area contributed by atoms with Gasteiger partial charge in [-0.25, -0.2) is 4.39 Å². The molecule has 1 unspecified atom stereocenters. The smallest absolute Gasteiger partial charge is 0.416 e. The number of aryl methyl sites for hydroxylation is 2. The van der Waals surface area contributed by atoms with Crippen molar-refractivity contribution in [1.29, 1.82) is 0 Å². The molecule has 0 aliphatic rings. The molecule has 6 heteroatoms. The van der Waals surface area contributed by atoms with E-state index in [2.05, 4.69) is 5.32 Å². The third-order valence-corrected chi connectivity index (χ3v) is 3.21. The van der Waals surface area contributed by atoms with Gasteiger partial charge in [-0.3, -0.25) is 0 Å². The minimum Gasteiger partial charge on any atom is -0.466 e. The molecule has 2 nitrogen and oxygen atoms in total. The van der Waals surface area contributed by atoms with E-state index < -0.39 is 17.6 Å². The van der Waals surface area contributed by atoms with Crippen LogP contribution >= 0.6 is 0 Å². The normalized spacial score (nSPS) is 13.3. The molecule has 1 N–H and O–H groups in total. The van der Waals surface area contributed by atoms with Gasteiger partial charge in [0.25, 0.3) is 0 Å². The third kappa shape index (κ3) is 3.37. The van der Waals surface area contributed by atoms with Crippen molar-refractivity contribution in [2.75, 3.05) is 5.32 Å². The predicted molar refractivity (Wildman–Crippen MR) is 71.6 cm³/mol. The van der Waals surface area contributed by atoms with Crippen molar-refractivity contribution in [2.45, 2.75) is 33.0 Å². The van der Waals surface area contributed by atoms with Gasteiger partial charge in [0.05, 0.1) is 17.3 Å². The van der Waals surface area contributed by atoms with Crippen molar-refractivity contribution in [3.05, 3.63) is 52.7 Å². The minimum atomic E-state index is -4.55. The second-order valence-electron chi connectivity index (χ2n) is 4.93. The Morgan fingerprint density at radius 1 is 1.14 bits per heavy atom. The van der Waals surface area contributed by atoms with E-state index in [0.717, 1.165) is 23.5 Å². The zero-order valence-corrected chi connectivity index (χ0v) is 11.8. The van der Waals surface area contributed by atoms with E-state index in [4.69, 9.17) is 4.42 Å². The van der Waals surface area contributed by atoms with Crippen molar-refractivity contribution in [2.24, 2.45) is 0 Å². The van der Waals surface area contributed by atoms with Gasteiger partial charge in [-0.1, -0.05) is 0 Å². The first kappa shape index (κ1) is 15.4. The Kier molecular flexibility index (Phi) is 3.98. The molecule has 21 heavy (non-hydrogen) atoms. The number of anilines is 1. The molecule has 1 aromatic heterocycles. The Labute approximate surface area is 119 Å². The lowest BCUT2D eigenvalue weighted by atomic mass is 10.1. The van der Waals surface area contributed by atoms with Crippen LogP contribution in [0.25, 0.3) is 0 Å². The van der Waals surface area contributed by atoms with Gasteiger partial charge in [-0.2, -0.15) is 13.2 Å². The Hall–Kier alpha value is -1.98. The highest BCUT2D eigenvalue weighted by atomic mass is 19.4. The second-order valence-corrected chi connectivity index (χ2v) is 4.93. The summed E-state index contributed by atoms with van der Waals surface area (Å²) in [6, 6.07) is 3.97. The van der Waals surface area contributed by atoms with Gasteiger partial charge in [0.2, 0.25) is 0 Å². The van der Waals surface area contributed by atoms with E-state index in [-0.39, 0.29) is 11.7 Å². The van der Waals surface area contributed by atoms with E-state index in [1.54, 1.807) is 20.8 Å². The standard InChI is InChI=1S/C15H15F4NO/c1-8-6-12(10(3)21-8)9(2)20-14-5-4-11(7-13(14)16)15(17,18)19/h4-7,9,20H,1-3H3. The fourth-order valence-electron chi connectivity index (χ4n) is 2.20. The maximum Gasteiger partial charge on any atom is 0.416 e. The molecular formula is C15H15F4NO. The van der Waals surface area contributed by atoms with Crippen LogP contribution in [0.15, 0.2) is 28.7 Å². The molecule has 0 saturated carbocycles. The molecule has 2 aromatic rings. The minimum absolute atomic E-state index is 0.0220. The fraction of sp³-hybridized carbons (Fsp3) is 0.333. The lowest BCUT2D eigenvalue weighted by molar-refractivity contribution is -0.137. The highest BCUT2D eigenvalue weighted by Gasteiger charge is 2.31. The van der Waals surface area contributed by atoms with Crippen molar-refractivity contribution < 1.29 is 22.0 Å². The van der Waals surface area contributed by atoms with Gasteiger partial charge in [0, 0.05) is 5.56 Å². The second kappa shape index (κ2) is 5.42. The molecule has 0 amide bonds. The first-order valence-corrected chi connectivity index (χ1v) is 6.38. The van der Waals surface area contributed by atoms with Crippen LogP contribution in [0.4, 0.5) is 23.2 Å². The summed E-state index contributed by atoms with van der Waals surface area (Å²) in [7, 11) is 0. The first-order valence-electron chi connectivity index (χ1n) is 6.38. The molecule has 0 bridgehead atoms. The molecule has 1 aromatic carbocycles. The SMILES string of the molecule is Cc1cc(C(C)Nc2ccc(C(F)(F)F)cc2F)c(C)o1. The maximum absolute atomic E-state index is 13.8. The summed E-state index contributed by atoms with van der Waals surface area (Å²) in [6.45, 7) is 5.36. The van der Waals surface area contributed by atoms with Crippen LogP contribution in [0.2, 0.25) is 0 Å². The maximum atomic E-state index is 13.8. The van der Waals surface area contributed by atoms with Crippen LogP contribution in [0.5, 0.6) is 0 Å². The Morgan fingerprint density at radius 2 is 1.81 bits per heavy atom. The highest BCUT2D eigenvalue weighted by Crippen LogP contribution is 2.32. The molecule has 0 saturated heterocycles. The number of rotatable bonds is 3. The number of hydrogen-bond acceptors (Lipinski definition) is 2. The summed E-state index contributed by atoms with van der Waals surface area (Å²) in [5.74, 6) is 0.485. The van der Waals surface area contributed by atoms with E-state index in [9.17, 15) is 17.6 Å². The molecule has 0 aliphatic carbocycles. The lowest BCUT2D eigenvalue weighted by Crippen LogP contribution is -2.10. The van der Waals surface area contributed by atoms with Crippen molar-refractivity contribution in [3.8, 4) is 0 Å². The largest absolute Gasteiger partial charge is 0.466 e. The Balaban J connectivity index is 2.22. The van der Waals surface area contributed by atoms with Crippen LogP contribution < -0.4 is 5.32 Å². The average Bonchev–Trinajstić information content (AvgIpc) is 2.69. The summed E-state index contributed by atoms with van der Waals surface area (Å²) in [6.07, 6.45) is -4.55. The molecule has 0 aliphatic heterocycles. The van der Waals surface area contributed by atoms with E-state index in [1.165, 1.54) is 0 Å². The van der Waals surface area contributed by atoms with Crippen LogP contribution in [0.1, 0.15) is 35.6 Å². The third-order valence-electron chi connectivity index (χ3n) is 3.21. The van der Waals surface area contributed by atoms with Gasteiger partial charge >= 0.3 is 6.18 Å². The quantitative estimate of drug-likeness (QED) is 0.785. The average molecular weight is 301 g/mol. The molecule has 1 heterocycles. The number of furan rings is 1. The van der Waals surface area contributed by atoms with Crippen molar-refractivity contribution >= 4 is 5.69 Å². The summed E-state index contributed by atoms with van der Waals surface area (Å²) in [5, 5.41) is 2.86. The number of nitrogens with one attached hydrogen (secondary N) is 1. The van der Waals surface area contributed by atoms with E-state index >= 15 is 0 Å². The van der Waals surface area contributed by atoms with Crippen LogP contribution in [-0.2, 0) is 6.18 Å². The van der Waals surface area contributed by atoms with Crippen LogP contribution in [0, 0.1) is 19.7 Å². The molecular weight excluding hydrogens is 286 g/mol. The molecule has 0 fully saturated rings. The summed E-state index contributed by atoms with van der Waals surface area (Å²) in [5.41, 5.74) is -0.144. The van der Waals surface area contributed by atoms with E-state index in [1.807, 2.05) is 6.07 Å². The molecule has 114 valence electrons. The van der Waals surface area contributed by atoms with Gasteiger partial charge in [-0.15, -0.1) is 0 Å². The monoisotopic (exact) mass is 301 g/mol. The van der Waals surface area contributed by atoms with E-state index in [0.29, 0.717) is 11.8 Å². The summed E-state index contributed by atoms with van der Waals surface area (Å²) < 4.78 is 56.6. The summed E-state index contributed by atoms with van der Waals surface area (Å²) in [4.78, 5) is 0. The Bertz CT molecular complexity index is 646. The fourth-order valence-corrected chi connectivity index (χ4v) is 2.20. The molecule has 2 rings (SSSR count). The lowest BCUT2D eigenvalue weighted by Gasteiger charge is -2.16. The topological polar surface area (TPSA) is 25.2 Å². The van der Waals surface area contributed by atoms with Gasteiger partial charge in [-0.05, 0) is 45.0 Å². The number of benzene rings is 1. The highest BCUT2D eigenvalue weighted by molar-refractivity contribution is 5.49. The van der Waals surface area contributed by atoms with Crippen molar-refractivity contribution in [3.63, 3.8) is 0 Å².